The SMILES string of the molecule is NC(=O)c1cccc(CNc2ncc(-c3ccc4[nH]c(=O)[nH]c4c3)cn2)c1. The molecule has 27 heavy (non-hydrogen) atoms. The molecule has 1 amide bonds. The summed E-state index contributed by atoms with van der Waals surface area (Å²) in [5, 5.41) is 3.11. The lowest BCUT2D eigenvalue weighted by Crippen LogP contribution is -2.11. The average Bonchev–Trinajstić information content (AvgIpc) is 3.06. The summed E-state index contributed by atoms with van der Waals surface area (Å²) in [5.74, 6) is 0.0116. The summed E-state index contributed by atoms with van der Waals surface area (Å²) in [5.41, 5.74) is 9.64. The predicted molar refractivity (Wildman–Crippen MR) is 102 cm³/mol. The van der Waals surface area contributed by atoms with Gasteiger partial charge in [-0.1, -0.05) is 18.2 Å². The number of carbonyl (C=O) groups is 1. The van der Waals surface area contributed by atoms with Crippen LogP contribution in [0, 0.1) is 0 Å². The van der Waals surface area contributed by atoms with Gasteiger partial charge in [0, 0.05) is 30.1 Å². The van der Waals surface area contributed by atoms with Gasteiger partial charge in [0.05, 0.1) is 11.0 Å². The summed E-state index contributed by atoms with van der Waals surface area (Å²) in [6.45, 7) is 0.469. The third-order valence-corrected chi connectivity index (χ3v) is 4.16. The van der Waals surface area contributed by atoms with Crippen LogP contribution in [0.1, 0.15) is 15.9 Å². The number of hydrogen-bond donors (Lipinski definition) is 4. The number of benzene rings is 2. The molecule has 8 heteroatoms. The van der Waals surface area contributed by atoms with Crippen LogP contribution >= 0.6 is 0 Å². The molecular weight excluding hydrogens is 344 g/mol. The van der Waals surface area contributed by atoms with E-state index < -0.39 is 5.91 Å². The molecule has 4 rings (SSSR count). The Bertz CT molecular complexity index is 1180. The van der Waals surface area contributed by atoms with Crippen LogP contribution in [0.3, 0.4) is 0 Å². The summed E-state index contributed by atoms with van der Waals surface area (Å²) in [7, 11) is 0. The third kappa shape index (κ3) is 3.54. The van der Waals surface area contributed by atoms with Crippen molar-refractivity contribution in [3.8, 4) is 11.1 Å². The van der Waals surface area contributed by atoms with E-state index in [4.69, 9.17) is 5.73 Å². The van der Waals surface area contributed by atoms with Gasteiger partial charge in [0.25, 0.3) is 0 Å². The number of aromatic nitrogens is 4. The van der Waals surface area contributed by atoms with Gasteiger partial charge in [-0.05, 0) is 35.4 Å². The van der Waals surface area contributed by atoms with Gasteiger partial charge < -0.3 is 21.0 Å². The highest BCUT2D eigenvalue weighted by Gasteiger charge is 2.05. The number of nitrogens with one attached hydrogen (secondary N) is 3. The first-order chi connectivity index (χ1) is 13.1. The molecule has 0 fully saturated rings. The van der Waals surface area contributed by atoms with E-state index in [-0.39, 0.29) is 5.69 Å². The first kappa shape index (κ1) is 16.5. The first-order valence-corrected chi connectivity index (χ1v) is 8.25. The molecule has 134 valence electrons. The summed E-state index contributed by atoms with van der Waals surface area (Å²) in [4.78, 5) is 36.7. The second-order valence-electron chi connectivity index (χ2n) is 6.05. The van der Waals surface area contributed by atoms with Crippen LogP contribution in [0.15, 0.2) is 59.7 Å². The largest absolute Gasteiger partial charge is 0.366 e. The number of amides is 1. The van der Waals surface area contributed by atoms with Gasteiger partial charge in [0.15, 0.2) is 0 Å². The van der Waals surface area contributed by atoms with Crippen molar-refractivity contribution in [2.75, 3.05) is 5.32 Å². The van der Waals surface area contributed by atoms with Crippen LogP contribution in [0.4, 0.5) is 5.95 Å². The maximum Gasteiger partial charge on any atom is 0.323 e. The normalized spacial score (nSPS) is 10.8. The van der Waals surface area contributed by atoms with E-state index in [9.17, 15) is 9.59 Å². The van der Waals surface area contributed by atoms with Crippen LogP contribution in [0.2, 0.25) is 0 Å². The molecule has 0 bridgehead atoms. The Hall–Kier alpha value is -3.94. The molecule has 0 atom stereocenters. The van der Waals surface area contributed by atoms with Gasteiger partial charge >= 0.3 is 5.69 Å². The third-order valence-electron chi connectivity index (χ3n) is 4.16. The molecule has 0 saturated carbocycles. The van der Waals surface area contributed by atoms with E-state index in [0.717, 1.165) is 27.7 Å². The fraction of sp³-hybridized carbons (Fsp3) is 0.0526. The minimum atomic E-state index is -0.460. The maximum atomic E-state index is 11.4. The zero-order chi connectivity index (χ0) is 18.8. The lowest BCUT2D eigenvalue weighted by atomic mass is 10.1. The molecule has 4 aromatic rings. The van der Waals surface area contributed by atoms with Crippen molar-refractivity contribution in [2.45, 2.75) is 6.54 Å². The summed E-state index contributed by atoms with van der Waals surface area (Å²) in [6, 6.07) is 12.7. The zero-order valence-electron chi connectivity index (χ0n) is 14.2. The lowest BCUT2D eigenvalue weighted by molar-refractivity contribution is 0.1000. The van der Waals surface area contributed by atoms with Crippen molar-refractivity contribution in [2.24, 2.45) is 5.73 Å². The van der Waals surface area contributed by atoms with Crippen LogP contribution < -0.4 is 16.7 Å². The van der Waals surface area contributed by atoms with Crippen molar-refractivity contribution in [3.63, 3.8) is 0 Å². The minimum absolute atomic E-state index is 0.238. The molecule has 0 aliphatic carbocycles. The van der Waals surface area contributed by atoms with Crippen LogP contribution in [-0.2, 0) is 6.54 Å². The molecule has 2 aromatic heterocycles. The van der Waals surface area contributed by atoms with Crippen molar-refractivity contribution < 1.29 is 4.79 Å². The van der Waals surface area contributed by atoms with Crippen molar-refractivity contribution >= 4 is 22.9 Å². The quantitative estimate of drug-likeness (QED) is 0.433. The van der Waals surface area contributed by atoms with Crippen LogP contribution in [-0.4, -0.2) is 25.8 Å². The fourth-order valence-corrected chi connectivity index (χ4v) is 2.80. The number of imidazole rings is 1. The fourth-order valence-electron chi connectivity index (χ4n) is 2.80. The van der Waals surface area contributed by atoms with Gasteiger partial charge in [0.1, 0.15) is 0 Å². The van der Waals surface area contributed by atoms with Crippen LogP contribution in [0.25, 0.3) is 22.2 Å². The molecule has 8 nitrogen and oxygen atoms in total. The Kier molecular flexibility index (Phi) is 4.13. The Morgan fingerprint density at radius 3 is 2.56 bits per heavy atom. The van der Waals surface area contributed by atoms with Gasteiger partial charge in [-0.2, -0.15) is 0 Å². The number of primary amides is 1. The molecule has 2 aromatic carbocycles. The Labute approximate surface area is 153 Å². The number of rotatable bonds is 5. The van der Waals surface area contributed by atoms with Gasteiger partial charge in [0.2, 0.25) is 11.9 Å². The summed E-state index contributed by atoms with van der Waals surface area (Å²) >= 11 is 0. The number of nitrogens with two attached hydrogens (primary N) is 1. The Morgan fingerprint density at radius 1 is 1.00 bits per heavy atom. The molecule has 0 aliphatic heterocycles. The Morgan fingerprint density at radius 2 is 1.78 bits per heavy atom. The van der Waals surface area contributed by atoms with Gasteiger partial charge in [-0.3, -0.25) is 4.79 Å². The number of anilines is 1. The second-order valence-corrected chi connectivity index (χ2v) is 6.05. The number of fused-ring (bicyclic) bond motifs is 1. The maximum absolute atomic E-state index is 11.4. The number of hydrogen-bond acceptors (Lipinski definition) is 5. The van der Waals surface area contributed by atoms with E-state index in [1.807, 2.05) is 24.3 Å². The molecular formula is C19H16N6O2. The number of nitrogens with zero attached hydrogens (tertiary/aromatic N) is 2. The number of H-pyrrole nitrogens is 2. The van der Waals surface area contributed by atoms with Crippen molar-refractivity contribution in [1.82, 2.24) is 19.9 Å². The smallest absolute Gasteiger partial charge is 0.323 e. The molecule has 0 saturated heterocycles. The summed E-state index contributed by atoms with van der Waals surface area (Å²) in [6.07, 6.45) is 3.42. The zero-order valence-corrected chi connectivity index (χ0v) is 14.2. The predicted octanol–water partition coefficient (Wildman–Crippen LogP) is 2.02. The van der Waals surface area contributed by atoms with Crippen molar-refractivity contribution in [1.29, 1.82) is 0 Å². The molecule has 2 heterocycles. The molecule has 0 spiro atoms. The first-order valence-electron chi connectivity index (χ1n) is 8.25. The van der Waals surface area contributed by atoms with E-state index in [1.54, 1.807) is 30.6 Å². The van der Waals surface area contributed by atoms with Crippen LogP contribution in [0.5, 0.6) is 0 Å². The molecule has 0 radical (unpaired) electrons. The monoisotopic (exact) mass is 360 g/mol. The van der Waals surface area contributed by atoms with E-state index in [0.29, 0.717) is 18.1 Å². The van der Waals surface area contributed by atoms with E-state index >= 15 is 0 Å². The highest BCUT2D eigenvalue weighted by atomic mass is 16.1. The number of carbonyl (C=O) groups excluding carboxylic acids is 1. The second kappa shape index (κ2) is 6.75. The lowest BCUT2D eigenvalue weighted by Gasteiger charge is -2.07. The highest BCUT2D eigenvalue weighted by Crippen LogP contribution is 2.21. The molecule has 0 unspecified atom stereocenters. The van der Waals surface area contributed by atoms with Gasteiger partial charge in [-0.15, -0.1) is 0 Å². The van der Waals surface area contributed by atoms with E-state index in [2.05, 4.69) is 25.3 Å². The Balaban J connectivity index is 1.49. The van der Waals surface area contributed by atoms with Crippen molar-refractivity contribution in [3.05, 3.63) is 76.5 Å². The highest BCUT2D eigenvalue weighted by molar-refractivity contribution is 5.92. The number of aromatic amines is 2. The summed E-state index contributed by atoms with van der Waals surface area (Å²) < 4.78 is 0. The standard InChI is InChI=1S/C19H16N6O2/c20-17(26)13-3-1-2-11(6-13)8-21-18-22-9-14(10-23-18)12-4-5-15-16(7-12)25-19(27)24-15/h1-7,9-10H,8H2,(H2,20,26)(H,21,22,23)(H2,24,25,27). The minimum Gasteiger partial charge on any atom is -0.366 e. The molecule has 5 N–H and O–H groups in total. The van der Waals surface area contributed by atoms with Gasteiger partial charge in [-0.25, -0.2) is 14.8 Å². The topological polar surface area (TPSA) is 130 Å². The molecule has 0 aliphatic rings. The average molecular weight is 360 g/mol. The van der Waals surface area contributed by atoms with E-state index in [1.165, 1.54) is 0 Å².